The van der Waals surface area contributed by atoms with Gasteiger partial charge < -0.3 is 10.6 Å². The molecule has 0 fully saturated rings. The Balaban J connectivity index is 1.52. The maximum absolute atomic E-state index is 12.9. The normalized spacial score (nSPS) is 11.3. The van der Waals surface area contributed by atoms with Crippen LogP contribution < -0.4 is 10.6 Å². The first-order valence-electron chi connectivity index (χ1n) is 7.49. The van der Waals surface area contributed by atoms with Crippen LogP contribution in [0.2, 0.25) is 0 Å². The van der Waals surface area contributed by atoms with Crippen LogP contribution in [0.15, 0.2) is 42.0 Å². The van der Waals surface area contributed by atoms with Gasteiger partial charge in [-0.25, -0.2) is 9.97 Å². The molecular weight excluding hydrogens is 385 g/mol. The van der Waals surface area contributed by atoms with Gasteiger partial charge in [-0.15, -0.1) is 22.7 Å². The van der Waals surface area contributed by atoms with E-state index in [0.717, 1.165) is 16.0 Å². The molecule has 0 aromatic carbocycles. The number of carbonyl (C=O) groups excluding carboxylic acids is 1. The second-order valence-corrected chi connectivity index (χ2v) is 7.07. The van der Waals surface area contributed by atoms with Gasteiger partial charge >= 0.3 is 6.18 Å². The van der Waals surface area contributed by atoms with Gasteiger partial charge in [0.25, 0.3) is 5.91 Å². The lowest BCUT2D eigenvalue weighted by molar-refractivity contribution is -0.137. The zero-order chi connectivity index (χ0) is 18.6. The monoisotopic (exact) mass is 398 g/mol. The van der Waals surface area contributed by atoms with E-state index in [-0.39, 0.29) is 24.8 Å². The topological polar surface area (TPSA) is 66.9 Å². The second-order valence-electron chi connectivity index (χ2n) is 5.09. The largest absolute Gasteiger partial charge is 0.419 e. The number of carbonyl (C=O) groups is 1. The second kappa shape index (κ2) is 7.83. The number of nitrogens with zero attached hydrogens (tertiary/aromatic N) is 2. The van der Waals surface area contributed by atoms with Crippen molar-refractivity contribution in [2.75, 3.05) is 18.4 Å². The van der Waals surface area contributed by atoms with Gasteiger partial charge in [-0.2, -0.15) is 13.2 Å². The number of anilines is 1. The molecule has 3 aromatic rings. The summed E-state index contributed by atoms with van der Waals surface area (Å²) >= 11 is 2.80. The minimum atomic E-state index is -4.49. The van der Waals surface area contributed by atoms with E-state index in [4.69, 9.17) is 0 Å². The third-order valence-corrected chi connectivity index (χ3v) is 5.31. The molecule has 0 saturated heterocycles. The molecule has 2 N–H and O–H groups in total. The molecule has 10 heteroatoms. The van der Waals surface area contributed by atoms with E-state index in [2.05, 4.69) is 20.6 Å². The van der Waals surface area contributed by atoms with Crippen LogP contribution >= 0.6 is 22.7 Å². The van der Waals surface area contributed by atoms with Crippen LogP contribution in [-0.4, -0.2) is 29.0 Å². The summed E-state index contributed by atoms with van der Waals surface area (Å²) in [5.41, 5.74) is -0.839. The summed E-state index contributed by atoms with van der Waals surface area (Å²) in [6, 6.07) is 6.00. The number of pyridine rings is 1. The summed E-state index contributed by atoms with van der Waals surface area (Å²) in [6.45, 7) is 0.265. The van der Waals surface area contributed by atoms with Crippen molar-refractivity contribution in [3.63, 3.8) is 0 Å². The molecule has 0 aliphatic heterocycles. The van der Waals surface area contributed by atoms with Crippen molar-refractivity contribution >= 4 is 34.4 Å². The van der Waals surface area contributed by atoms with Gasteiger partial charge in [-0.1, -0.05) is 6.07 Å². The Morgan fingerprint density at radius 1 is 1.15 bits per heavy atom. The molecule has 0 bridgehead atoms. The van der Waals surface area contributed by atoms with Gasteiger partial charge in [0.1, 0.15) is 15.7 Å². The minimum absolute atomic E-state index is 0.114. The van der Waals surface area contributed by atoms with E-state index in [1.54, 1.807) is 0 Å². The van der Waals surface area contributed by atoms with Gasteiger partial charge in [-0.3, -0.25) is 4.79 Å². The Bertz CT molecular complexity index is 878. The van der Waals surface area contributed by atoms with Crippen LogP contribution in [0.25, 0.3) is 9.88 Å². The molecule has 3 heterocycles. The van der Waals surface area contributed by atoms with Gasteiger partial charge in [0.05, 0.1) is 16.6 Å². The molecule has 136 valence electrons. The average molecular weight is 398 g/mol. The molecule has 0 spiro atoms. The smallest absolute Gasteiger partial charge is 0.368 e. The van der Waals surface area contributed by atoms with E-state index in [0.29, 0.717) is 4.88 Å². The third kappa shape index (κ3) is 4.38. The van der Waals surface area contributed by atoms with E-state index in [1.807, 2.05) is 17.5 Å². The molecule has 3 rings (SSSR count). The Morgan fingerprint density at radius 2 is 2.00 bits per heavy atom. The summed E-state index contributed by atoms with van der Waals surface area (Å²) in [6.07, 6.45) is -1.72. The maximum Gasteiger partial charge on any atom is 0.419 e. The lowest BCUT2D eigenvalue weighted by Crippen LogP contribution is -2.28. The quantitative estimate of drug-likeness (QED) is 0.613. The lowest BCUT2D eigenvalue weighted by atomic mass is 10.2. The molecule has 26 heavy (non-hydrogen) atoms. The van der Waals surface area contributed by atoms with Crippen molar-refractivity contribution in [2.45, 2.75) is 6.18 Å². The molecule has 0 unspecified atom stereocenters. The van der Waals surface area contributed by atoms with Gasteiger partial charge in [0, 0.05) is 19.3 Å². The van der Waals surface area contributed by atoms with Gasteiger partial charge in [0.15, 0.2) is 0 Å². The number of rotatable bonds is 6. The number of thiophene rings is 1. The summed E-state index contributed by atoms with van der Waals surface area (Å²) in [7, 11) is 0. The van der Waals surface area contributed by atoms with Crippen LogP contribution in [0.3, 0.4) is 0 Å². The van der Waals surface area contributed by atoms with Crippen LogP contribution in [0.1, 0.15) is 15.2 Å². The Morgan fingerprint density at radius 3 is 2.73 bits per heavy atom. The zero-order valence-corrected chi connectivity index (χ0v) is 14.8. The van der Waals surface area contributed by atoms with Crippen molar-refractivity contribution in [3.8, 4) is 9.88 Å². The van der Waals surface area contributed by atoms with Crippen molar-refractivity contribution in [1.29, 1.82) is 0 Å². The number of aromatic nitrogens is 2. The fourth-order valence-electron chi connectivity index (χ4n) is 2.11. The first-order valence-corrected chi connectivity index (χ1v) is 9.19. The van der Waals surface area contributed by atoms with E-state index in [9.17, 15) is 18.0 Å². The number of nitrogens with one attached hydrogen (secondary N) is 2. The van der Waals surface area contributed by atoms with E-state index in [1.165, 1.54) is 41.1 Å². The van der Waals surface area contributed by atoms with Crippen LogP contribution in [0, 0.1) is 0 Å². The standard InChI is InChI=1S/C16H13F3N4OS2/c17-16(18,19)10-3-1-5-20-13(10)21-6-7-22-14(24)12-9-23-15(26-12)11-4-2-8-25-11/h1-5,8-9H,6-7H2,(H,20,21)(H,22,24). The van der Waals surface area contributed by atoms with Crippen molar-refractivity contribution in [2.24, 2.45) is 0 Å². The average Bonchev–Trinajstić information content (AvgIpc) is 3.28. The first-order chi connectivity index (χ1) is 12.4. The number of hydrogen-bond donors (Lipinski definition) is 2. The maximum atomic E-state index is 12.9. The summed E-state index contributed by atoms with van der Waals surface area (Å²) < 4.78 is 38.6. The summed E-state index contributed by atoms with van der Waals surface area (Å²) in [5, 5.41) is 7.93. The van der Waals surface area contributed by atoms with Crippen LogP contribution in [-0.2, 0) is 6.18 Å². The highest BCUT2D eigenvalue weighted by Crippen LogP contribution is 2.33. The third-order valence-electron chi connectivity index (χ3n) is 3.28. The van der Waals surface area contributed by atoms with Crippen molar-refractivity contribution in [1.82, 2.24) is 15.3 Å². The number of thiazole rings is 1. The molecule has 0 aliphatic rings. The molecule has 1 amide bonds. The fourth-order valence-corrected chi connectivity index (χ4v) is 3.75. The number of hydrogen-bond acceptors (Lipinski definition) is 6. The highest BCUT2D eigenvalue weighted by Gasteiger charge is 2.33. The Labute approximate surface area is 154 Å². The predicted molar refractivity (Wildman–Crippen MR) is 95.5 cm³/mol. The zero-order valence-electron chi connectivity index (χ0n) is 13.2. The minimum Gasteiger partial charge on any atom is -0.368 e. The number of halogens is 3. The molecule has 0 radical (unpaired) electrons. The lowest BCUT2D eigenvalue weighted by Gasteiger charge is -2.13. The molecule has 0 aliphatic carbocycles. The van der Waals surface area contributed by atoms with Crippen LogP contribution in [0.5, 0.6) is 0 Å². The Kier molecular flexibility index (Phi) is 5.52. The fraction of sp³-hybridized carbons (Fsp3) is 0.188. The number of alkyl halides is 3. The predicted octanol–water partition coefficient (Wildman–Crippen LogP) is 4.13. The Hall–Kier alpha value is -2.46. The van der Waals surface area contributed by atoms with Gasteiger partial charge in [-0.05, 0) is 23.6 Å². The van der Waals surface area contributed by atoms with E-state index >= 15 is 0 Å². The first kappa shape index (κ1) is 18.3. The number of amides is 1. The summed E-state index contributed by atoms with van der Waals surface area (Å²) in [5.74, 6) is -0.573. The van der Waals surface area contributed by atoms with Gasteiger partial charge in [0.2, 0.25) is 0 Å². The van der Waals surface area contributed by atoms with E-state index < -0.39 is 11.7 Å². The molecule has 0 saturated carbocycles. The molecule has 0 atom stereocenters. The highest BCUT2D eigenvalue weighted by atomic mass is 32.1. The van der Waals surface area contributed by atoms with Crippen molar-refractivity contribution < 1.29 is 18.0 Å². The van der Waals surface area contributed by atoms with Crippen molar-refractivity contribution in [3.05, 3.63) is 52.5 Å². The van der Waals surface area contributed by atoms with Crippen LogP contribution in [0.4, 0.5) is 19.0 Å². The highest BCUT2D eigenvalue weighted by molar-refractivity contribution is 7.21. The summed E-state index contributed by atoms with van der Waals surface area (Å²) in [4.78, 5) is 21.4. The molecule has 5 nitrogen and oxygen atoms in total. The SMILES string of the molecule is O=C(NCCNc1ncccc1C(F)(F)F)c1cnc(-c2cccs2)s1. The molecular formula is C16H13F3N4OS2. The molecule has 3 aromatic heterocycles.